The quantitative estimate of drug-likeness (QED) is 0.684. The molecule has 1 aliphatic rings. The zero-order valence-corrected chi connectivity index (χ0v) is 16.0. The molecule has 29 heavy (non-hydrogen) atoms. The van der Waals surface area contributed by atoms with E-state index in [0.717, 1.165) is 24.6 Å². The molecule has 0 aliphatic heterocycles. The van der Waals surface area contributed by atoms with Gasteiger partial charge in [0.2, 0.25) is 5.91 Å². The van der Waals surface area contributed by atoms with Gasteiger partial charge in [-0.3, -0.25) is 4.79 Å². The monoisotopic (exact) mass is 407 g/mol. The zero-order chi connectivity index (χ0) is 20.8. The molecule has 1 fully saturated rings. The lowest BCUT2D eigenvalue weighted by atomic mass is 9.83. The number of carbonyl (C=O) groups excluding carboxylic acids is 1. The molecule has 3 aromatic rings. The van der Waals surface area contributed by atoms with Crippen molar-refractivity contribution < 1.29 is 22.5 Å². The summed E-state index contributed by atoms with van der Waals surface area (Å²) < 4.78 is 44.7. The van der Waals surface area contributed by atoms with E-state index in [-0.39, 0.29) is 18.2 Å². The predicted molar refractivity (Wildman–Crippen MR) is 98.2 cm³/mol. The van der Waals surface area contributed by atoms with Gasteiger partial charge >= 0.3 is 6.18 Å². The third-order valence-electron chi connectivity index (χ3n) is 5.22. The Morgan fingerprint density at radius 1 is 1.28 bits per heavy atom. The molecule has 0 saturated heterocycles. The Bertz CT molecular complexity index is 1070. The number of carbonyl (C=O) groups is 1. The number of amides is 1. The fourth-order valence-corrected chi connectivity index (χ4v) is 3.40. The van der Waals surface area contributed by atoms with Gasteiger partial charge in [0.25, 0.3) is 0 Å². The first-order valence-electron chi connectivity index (χ1n) is 9.38. The topological polar surface area (TPSA) is 85.8 Å². The van der Waals surface area contributed by atoms with Crippen molar-refractivity contribution in [2.75, 3.05) is 5.32 Å². The van der Waals surface area contributed by atoms with Gasteiger partial charge < -0.3 is 14.4 Å². The molecule has 3 heterocycles. The summed E-state index contributed by atoms with van der Waals surface area (Å²) in [6.45, 7) is 3.57. The second kappa shape index (κ2) is 7.16. The highest BCUT2D eigenvalue weighted by atomic mass is 19.4. The van der Waals surface area contributed by atoms with Crippen LogP contribution in [-0.4, -0.2) is 25.6 Å². The molecular formula is C19H20F3N5O2. The highest BCUT2D eigenvalue weighted by Gasteiger charge is 2.35. The first-order chi connectivity index (χ1) is 13.7. The Morgan fingerprint density at radius 3 is 2.66 bits per heavy atom. The third kappa shape index (κ3) is 3.96. The smallest absolute Gasteiger partial charge is 0.359 e. The van der Waals surface area contributed by atoms with Gasteiger partial charge in [0.15, 0.2) is 22.9 Å². The van der Waals surface area contributed by atoms with Crippen LogP contribution in [0.25, 0.3) is 11.2 Å². The van der Waals surface area contributed by atoms with Crippen LogP contribution in [0.4, 0.5) is 19.0 Å². The van der Waals surface area contributed by atoms with Crippen molar-refractivity contribution in [3.63, 3.8) is 0 Å². The zero-order valence-electron chi connectivity index (χ0n) is 16.0. The van der Waals surface area contributed by atoms with E-state index in [2.05, 4.69) is 20.4 Å². The van der Waals surface area contributed by atoms with Crippen LogP contribution in [0.1, 0.15) is 48.5 Å². The molecule has 0 aromatic carbocycles. The molecular weight excluding hydrogens is 387 g/mol. The maximum absolute atomic E-state index is 12.7. The summed E-state index contributed by atoms with van der Waals surface area (Å²) in [5.74, 6) is 0.830. The highest BCUT2D eigenvalue weighted by molar-refractivity contribution is 5.91. The summed E-state index contributed by atoms with van der Waals surface area (Å²) in [6, 6.07) is 2.64. The Labute approximate surface area is 164 Å². The molecule has 7 nitrogen and oxygen atoms in total. The van der Waals surface area contributed by atoms with Gasteiger partial charge in [-0.05, 0) is 38.7 Å². The molecule has 0 bridgehead atoms. The minimum absolute atomic E-state index is 0.0416. The number of rotatable bonds is 5. The van der Waals surface area contributed by atoms with Crippen molar-refractivity contribution in [2.24, 2.45) is 5.92 Å². The Kier molecular flexibility index (Phi) is 4.79. The molecule has 1 N–H and O–H groups in total. The average Bonchev–Trinajstić information content (AvgIpc) is 3.18. The van der Waals surface area contributed by atoms with Crippen LogP contribution in [0.2, 0.25) is 0 Å². The Balaban J connectivity index is 1.58. The summed E-state index contributed by atoms with van der Waals surface area (Å²) in [4.78, 5) is 21.2. The highest BCUT2D eigenvalue weighted by Crippen LogP contribution is 2.31. The Hall–Kier alpha value is -2.91. The van der Waals surface area contributed by atoms with E-state index in [1.165, 1.54) is 6.42 Å². The molecule has 4 rings (SSSR count). The number of aromatic nitrogens is 4. The van der Waals surface area contributed by atoms with Gasteiger partial charge in [-0.1, -0.05) is 11.6 Å². The van der Waals surface area contributed by atoms with Gasteiger partial charge in [0.1, 0.15) is 5.52 Å². The van der Waals surface area contributed by atoms with E-state index in [0.29, 0.717) is 35.0 Å². The van der Waals surface area contributed by atoms with Gasteiger partial charge in [0.05, 0.1) is 12.2 Å². The number of nitrogens with one attached hydrogen (secondary N) is 1. The standard InChI is InChI=1S/C19H20F3N5O2/c1-10-6-14-18(27(10)9-13-8-15(26-29-13)19(20,21)22)23-11(2)17(24-14)25-16(28)7-12-4-3-5-12/h6,8,12H,3-5,7,9H2,1-2H3,(H,24,25,28). The van der Waals surface area contributed by atoms with Crippen LogP contribution in [0.3, 0.4) is 0 Å². The van der Waals surface area contributed by atoms with E-state index in [9.17, 15) is 18.0 Å². The fraction of sp³-hybridized carbons (Fsp3) is 0.474. The molecule has 3 aromatic heterocycles. The van der Waals surface area contributed by atoms with Crippen LogP contribution in [-0.2, 0) is 17.5 Å². The van der Waals surface area contributed by atoms with Gasteiger partial charge in [-0.15, -0.1) is 0 Å². The van der Waals surface area contributed by atoms with Crippen molar-refractivity contribution in [1.82, 2.24) is 19.7 Å². The summed E-state index contributed by atoms with van der Waals surface area (Å²) in [5.41, 5.74) is 1.26. The molecule has 10 heteroatoms. The summed E-state index contributed by atoms with van der Waals surface area (Å²) in [6.07, 6.45) is -0.746. The number of aryl methyl sites for hydroxylation is 2. The molecule has 1 aliphatic carbocycles. The molecule has 0 spiro atoms. The fourth-order valence-electron chi connectivity index (χ4n) is 3.40. The van der Waals surface area contributed by atoms with Crippen LogP contribution >= 0.6 is 0 Å². The molecule has 0 radical (unpaired) electrons. The summed E-state index contributed by atoms with van der Waals surface area (Å²) >= 11 is 0. The molecule has 1 saturated carbocycles. The van der Waals surface area contributed by atoms with Gasteiger partial charge in [0, 0.05) is 18.2 Å². The normalized spacial score (nSPS) is 14.9. The average molecular weight is 407 g/mol. The minimum atomic E-state index is -4.56. The summed E-state index contributed by atoms with van der Waals surface area (Å²) in [5, 5.41) is 5.91. The van der Waals surface area contributed by atoms with Crippen LogP contribution in [0, 0.1) is 19.8 Å². The Morgan fingerprint density at radius 2 is 2.03 bits per heavy atom. The lowest BCUT2D eigenvalue weighted by Crippen LogP contribution is -2.22. The van der Waals surface area contributed by atoms with Crippen LogP contribution < -0.4 is 5.32 Å². The number of anilines is 1. The maximum atomic E-state index is 12.7. The molecule has 0 unspecified atom stereocenters. The lowest BCUT2D eigenvalue weighted by Gasteiger charge is -2.24. The number of hydrogen-bond donors (Lipinski definition) is 1. The van der Waals surface area contributed by atoms with Gasteiger partial charge in [-0.25, -0.2) is 9.97 Å². The number of halogens is 3. The van der Waals surface area contributed by atoms with Crippen molar-refractivity contribution in [1.29, 1.82) is 0 Å². The second-order valence-electron chi connectivity index (χ2n) is 7.46. The van der Waals surface area contributed by atoms with E-state index in [1.807, 2.05) is 0 Å². The molecule has 1 amide bonds. The van der Waals surface area contributed by atoms with Crippen LogP contribution in [0.15, 0.2) is 16.7 Å². The predicted octanol–water partition coefficient (Wildman–Crippen LogP) is 4.23. The van der Waals surface area contributed by atoms with E-state index in [4.69, 9.17) is 4.52 Å². The van der Waals surface area contributed by atoms with E-state index < -0.39 is 11.9 Å². The second-order valence-corrected chi connectivity index (χ2v) is 7.46. The molecule has 154 valence electrons. The molecule has 0 atom stereocenters. The number of alkyl halides is 3. The lowest BCUT2D eigenvalue weighted by molar-refractivity contribution is -0.142. The minimum Gasteiger partial charge on any atom is -0.359 e. The van der Waals surface area contributed by atoms with Crippen molar-refractivity contribution in [2.45, 2.75) is 52.3 Å². The number of hydrogen-bond acceptors (Lipinski definition) is 5. The van der Waals surface area contributed by atoms with Crippen molar-refractivity contribution in [3.05, 3.63) is 35.0 Å². The van der Waals surface area contributed by atoms with E-state index >= 15 is 0 Å². The van der Waals surface area contributed by atoms with Crippen molar-refractivity contribution in [3.8, 4) is 0 Å². The van der Waals surface area contributed by atoms with Crippen molar-refractivity contribution >= 4 is 22.9 Å². The largest absolute Gasteiger partial charge is 0.436 e. The maximum Gasteiger partial charge on any atom is 0.436 e. The van der Waals surface area contributed by atoms with Gasteiger partial charge in [-0.2, -0.15) is 13.2 Å². The number of fused-ring (bicyclic) bond motifs is 1. The SMILES string of the molecule is Cc1nc2c(cc(C)n2Cc2cc(C(F)(F)F)no2)nc1NC(=O)CC1CCC1. The first-order valence-corrected chi connectivity index (χ1v) is 9.38. The number of nitrogens with zero attached hydrogens (tertiary/aromatic N) is 4. The summed E-state index contributed by atoms with van der Waals surface area (Å²) in [7, 11) is 0. The van der Waals surface area contributed by atoms with E-state index in [1.54, 1.807) is 24.5 Å². The third-order valence-corrected chi connectivity index (χ3v) is 5.22. The van der Waals surface area contributed by atoms with Crippen LogP contribution in [0.5, 0.6) is 0 Å². The first kappa shape index (κ1) is 19.4.